The third-order valence-electron chi connectivity index (χ3n) is 4.33. The largest absolute Gasteiger partial charge is 0.355 e. The number of nitrogens with two attached hydrogens (primary N) is 1. The van der Waals surface area contributed by atoms with Crippen molar-refractivity contribution in [2.45, 2.75) is 25.8 Å². The Bertz CT molecular complexity index is 699. The van der Waals surface area contributed by atoms with Gasteiger partial charge in [-0.2, -0.15) is 0 Å². The molecule has 1 aromatic heterocycles. The molecule has 1 aliphatic rings. The summed E-state index contributed by atoms with van der Waals surface area (Å²) >= 11 is 5.98. The minimum atomic E-state index is -0.104. The number of benzene rings is 1. The smallest absolute Gasteiger partial charge is 0.276 e. The van der Waals surface area contributed by atoms with Gasteiger partial charge in [0.2, 0.25) is 0 Å². The molecule has 5 nitrogen and oxygen atoms in total. The normalized spacial score (nSPS) is 19.6. The first-order valence-electron chi connectivity index (χ1n) is 7.82. The Labute approximate surface area is 140 Å². The van der Waals surface area contributed by atoms with Crippen LogP contribution in [0.4, 0.5) is 0 Å². The van der Waals surface area contributed by atoms with Crippen LogP contribution in [0.2, 0.25) is 5.02 Å². The molecule has 1 saturated heterocycles. The number of likely N-dealkylation sites (tertiary alicyclic amines) is 1. The van der Waals surface area contributed by atoms with Crippen LogP contribution in [-0.2, 0) is 0 Å². The van der Waals surface area contributed by atoms with E-state index in [4.69, 9.17) is 21.9 Å². The van der Waals surface area contributed by atoms with Crippen LogP contribution in [-0.4, -0.2) is 35.1 Å². The Morgan fingerprint density at radius 2 is 2.30 bits per heavy atom. The summed E-state index contributed by atoms with van der Waals surface area (Å²) in [6.07, 6.45) is 2.03. The van der Waals surface area contributed by atoms with E-state index in [0.29, 0.717) is 28.9 Å². The minimum absolute atomic E-state index is 0.0879. The van der Waals surface area contributed by atoms with Gasteiger partial charge in [0.15, 0.2) is 11.5 Å². The number of nitrogens with zero attached hydrogens (tertiary/aromatic N) is 2. The van der Waals surface area contributed by atoms with E-state index in [9.17, 15) is 4.79 Å². The number of rotatable bonds is 3. The molecular formula is C17H20ClN3O2. The van der Waals surface area contributed by atoms with Crippen LogP contribution < -0.4 is 5.73 Å². The number of carbonyl (C=O) groups is 1. The van der Waals surface area contributed by atoms with E-state index in [2.05, 4.69) is 5.16 Å². The fraction of sp³-hybridized carbons (Fsp3) is 0.412. The molecule has 0 radical (unpaired) electrons. The van der Waals surface area contributed by atoms with Crippen LogP contribution in [0.15, 0.2) is 34.9 Å². The first-order valence-corrected chi connectivity index (χ1v) is 8.20. The summed E-state index contributed by atoms with van der Waals surface area (Å²) < 4.78 is 5.31. The molecule has 23 heavy (non-hydrogen) atoms. The van der Waals surface area contributed by atoms with Crippen molar-refractivity contribution >= 4 is 17.5 Å². The van der Waals surface area contributed by atoms with E-state index in [1.54, 1.807) is 18.2 Å². The number of hydrogen-bond donors (Lipinski definition) is 1. The zero-order valence-electron chi connectivity index (χ0n) is 13.0. The molecule has 1 amide bonds. The van der Waals surface area contributed by atoms with Gasteiger partial charge in [0.05, 0.1) is 0 Å². The molecule has 0 spiro atoms. The molecule has 1 aromatic carbocycles. The van der Waals surface area contributed by atoms with E-state index in [0.717, 1.165) is 24.9 Å². The summed E-state index contributed by atoms with van der Waals surface area (Å²) in [6.45, 7) is 3.41. The summed E-state index contributed by atoms with van der Waals surface area (Å²) in [5, 5.41) is 4.54. The van der Waals surface area contributed by atoms with Gasteiger partial charge in [0.1, 0.15) is 0 Å². The summed E-state index contributed by atoms with van der Waals surface area (Å²) in [4.78, 5) is 14.4. The topological polar surface area (TPSA) is 72.4 Å². The van der Waals surface area contributed by atoms with Crippen molar-refractivity contribution in [2.75, 3.05) is 13.1 Å². The number of amides is 1. The van der Waals surface area contributed by atoms with Crippen molar-refractivity contribution in [2.24, 2.45) is 11.7 Å². The van der Waals surface area contributed by atoms with E-state index in [-0.39, 0.29) is 11.9 Å². The van der Waals surface area contributed by atoms with Crippen LogP contribution in [0, 0.1) is 5.92 Å². The van der Waals surface area contributed by atoms with Gasteiger partial charge in [-0.25, -0.2) is 0 Å². The molecule has 1 aliphatic heterocycles. The quantitative estimate of drug-likeness (QED) is 0.936. The molecule has 1 fully saturated rings. The maximum Gasteiger partial charge on any atom is 0.276 e. The van der Waals surface area contributed by atoms with E-state index in [1.807, 2.05) is 24.0 Å². The van der Waals surface area contributed by atoms with Gasteiger partial charge in [0.25, 0.3) is 5.91 Å². The molecule has 0 aliphatic carbocycles. The van der Waals surface area contributed by atoms with Crippen molar-refractivity contribution in [3.8, 4) is 11.3 Å². The van der Waals surface area contributed by atoms with E-state index in [1.165, 1.54) is 0 Å². The second-order valence-corrected chi connectivity index (χ2v) is 6.54. The molecule has 3 rings (SSSR count). The lowest BCUT2D eigenvalue weighted by molar-refractivity contribution is 0.0650. The number of piperidine rings is 1. The van der Waals surface area contributed by atoms with Crippen LogP contribution in [0.5, 0.6) is 0 Å². The maximum absolute atomic E-state index is 12.6. The summed E-state index contributed by atoms with van der Waals surface area (Å²) in [6, 6.07) is 9.03. The zero-order valence-corrected chi connectivity index (χ0v) is 13.8. The molecule has 0 saturated carbocycles. The Hall–Kier alpha value is -1.85. The van der Waals surface area contributed by atoms with Gasteiger partial charge in [-0.1, -0.05) is 28.9 Å². The first-order chi connectivity index (χ1) is 11.0. The predicted octanol–water partition coefficient (Wildman–Crippen LogP) is 3.19. The summed E-state index contributed by atoms with van der Waals surface area (Å²) in [7, 11) is 0. The van der Waals surface area contributed by atoms with Crippen LogP contribution in [0.3, 0.4) is 0 Å². The van der Waals surface area contributed by atoms with Gasteiger partial charge in [-0.05, 0) is 37.8 Å². The second-order valence-electron chi connectivity index (χ2n) is 6.10. The average molecular weight is 334 g/mol. The highest BCUT2D eigenvalue weighted by Crippen LogP contribution is 2.25. The lowest BCUT2D eigenvalue weighted by atomic mass is 9.92. The fourth-order valence-electron chi connectivity index (χ4n) is 2.94. The fourth-order valence-corrected chi connectivity index (χ4v) is 3.13. The highest BCUT2D eigenvalue weighted by molar-refractivity contribution is 6.30. The van der Waals surface area contributed by atoms with Crippen molar-refractivity contribution in [1.29, 1.82) is 0 Å². The second kappa shape index (κ2) is 6.72. The standard InChI is InChI=1S/C17H20ClN3O2/c1-11(19)13-5-3-7-21(10-13)17(22)15-9-16(23-20-15)12-4-2-6-14(18)8-12/h2,4,6,8-9,11,13H,3,5,7,10,19H2,1H3. The van der Waals surface area contributed by atoms with Gasteiger partial charge >= 0.3 is 0 Å². The van der Waals surface area contributed by atoms with Crippen LogP contribution in [0.25, 0.3) is 11.3 Å². The lowest BCUT2D eigenvalue weighted by Crippen LogP contribution is -2.45. The van der Waals surface area contributed by atoms with Gasteiger partial charge in [0, 0.05) is 35.8 Å². The monoisotopic (exact) mass is 333 g/mol. The SMILES string of the molecule is CC(N)C1CCCN(C(=O)c2cc(-c3cccc(Cl)c3)on2)C1. The van der Waals surface area contributed by atoms with E-state index < -0.39 is 0 Å². The van der Waals surface area contributed by atoms with Crippen LogP contribution in [0.1, 0.15) is 30.3 Å². The van der Waals surface area contributed by atoms with Gasteiger partial charge in [-0.15, -0.1) is 0 Å². The molecule has 2 unspecified atom stereocenters. The Morgan fingerprint density at radius 3 is 3.04 bits per heavy atom. The Kier molecular flexibility index (Phi) is 4.68. The molecular weight excluding hydrogens is 314 g/mol. The van der Waals surface area contributed by atoms with Crippen molar-refractivity contribution in [1.82, 2.24) is 10.1 Å². The number of hydrogen-bond acceptors (Lipinski definition) is 4. The highest BCUT2D eigenvalue weighted by Gasteiger charge is 2.28. The Morgan fingerprint density at radius 1 is 1.48 bits per heavy atom. The molecule has 2 atom stereocenters. The molecule has 2 heterocycles. The van der Waals surface area contributed by atoms with E-state index >= 15 is 0 Å². The predicted molar refractivity (Wildman–Crippen MR) is 89.2 cm³/mol. The summed E-state index contributed by atoms with van der Waals surface area (Å²) in [5.74, 6) is 0.774. The van der Waals surface area contributed by atoms with Crippen molar-refractivity contribution in [3.05, 3.63) is 41.0 Å². The maximum atomic E-state index is 12.6. The third kappa shape index (κ3) is 3.57. The highest BCUT2D eigenvalue weighted by atomic mass is 35.5. The summed E-state index contributed by atoms with van der Waals surface area (Å²) in [5.41, 5.74) is 7.10. The van der Waals surface area contributed by atoms with Crippen molar-refractivity contribution < 1.29 is 9.32 Å². The zero-order chi connectivity index (χ0) is 16.4. The molecule has 6 heteroatoms. The number of halogens is 1. The number of carbonyl (C=O) groups excluding carboxylic acids is 1. The first kappa shape index (κ1) is 16.0. The van der Waals surface area contributed by atoms with Crippen molar-refractivity contribution in [3.63, 3.8) is 0 Å². The Balaban J connectivity index is 1.76. The minimum Gasteiger partial charge on any atom is -0.355 e. The number of aromatic nitrogens is 1. The lowest BCUT2D eigenvalue weighted by Gasteiger charge is -2.34. The van der Waals surface area contributed by atoms with Crippen LogP contribution >= 0.6 is 11.6 Å². The van der Waals surface area contributed by atoms with Gasteiger partial charge < -0.3 is 15.2 Å². The molecule has 0 bridgehead atoms. The molecule has 2 aromatic rings. The molecule has 122 valence electrons. The third-order valence-corrected chi connectivity index (χ3v) is 4.56. The van der Waals surface area contributed by atoms with Gasteiger partial charge in [-0.3, -0.25) is 4.79 Å². The average Bonchev–Trinajstić information content (AvgIpc) is 3.04. The molecule has 2 N–H and O–H groups in total.